The average molecular weight is 222 g/mol. The normalized spacial score (nSPS) is 18.1. The van der Waals surface area contributed by atoms with Gasteiger partial charge in [0.1, 0.15) is 5.69 Å². The molecule has 1 aromatic rings. The van der Waals surface area contributed by atoms with Crippen molar-refractivity contribution in [2.24, 2.45) is 0 Å². The highest BCUT2D eigenvalue weighted by molar-refractivity contribution is 5.98. The molecule has 0 fully saturated rings. The van der Waals surface area contributed by atoms with E-state index >= 15 is 0 Å². The van der Waals surface area contributed by atoms with Crippen molar-refractivity contribution >= 4 is 17.6 Å². The Hall–Kier alpha value is -2.11. The van der Waals surface area contributed by atoms with Crippen LogP contribution in [0, 0.1) is 0 Å². The molecule has 0 aromatic carbocycles. The average Bonchev–Trinajstić information content (AvgIpc) is 2.29. The summed E-state index contributed by atoms with van der Waals surface area (Å²) in [6.07, 6.45) is 0.762. The topological polar surface area (TPSA) is 77.5 Å². The van der Waals surface area contributed by atoms with Crippen LogP contribution in [0.2, 0.25) is 0 Å². The van der Waals surface area contributed by atoms with E-state index in [9.17, 15) is 9.59 Å². The monoisotopic (exact) mass is 222 g/mol. The van der Waals surface area contributed by atoms with E-state index in [4.69, 9.17) is 4.74 Å². The molecule has 1 atom stereocenters. The van der Waals surface area contributed by atoms with Crippen molar-refractivity contribution in [1.29, 1.82) is 0 Å². The number of ether oxygens (including phenoxy) is 2. The third kappa shape index (κ3) is 1.69. The van der Waals surface area contributed by atoms with Crippen LogP contribution in [0.4, 0.5) is 5.69 Å². The molecule has 6 heteroatoms. The van der Waals surface area contributed by atoms with E-state index in [0.717, 1.165) is 0 Å². The molecule has 0 saturated heterocycles. The number of esters is 1. The number of methoxy groups -OCH3 is 1. The van der Waals surface area contributed by atoms with E-state index in [-0.39, 0.29) is 11.5 Å². The molecule has 1 N–H and O–H groups in total. The van der Waals surface area contributed by atoms with E-state index < -0.39 is 12.1 Å². The first-order chi connectivity index (χ1) is 7.61. The smallest absolute Gasteiger partial charge is 0.339 e. The van der Waals surface area contributed by atoms with E-state index in [0.29, 0.717) is 11.6 Å². The largest absolute Gasteiger partial charge is 0.465 e. The molecule has 2 rings (SSSR count). The van der Waals surface area contributed by atoms with Gasteiger partial charge < -0.3 is 14.8 Å². The number of aromatic nitrogens is 1. The highest BCUT2D eigenvalue weighted by atomic mass is 16.5. The highest BCUT2D eigenvalue weighted by Crippen LogP contribution is 2.27. The summed E-state index contributed by atoms with van der Waals surface area (Å²) in [4.78, 5) is 26.5. The highest BCUT2D eigenvalue weighted by Gasteiger charge is 2.25. The Morgan fingerprint density at radius 1 is 1.62 bits per heavy atom. The van der Waals surface area contributed by atoms with Crippen molar-refractivity contribution in [3.63, 3.8) is 0 Å². The van der Waals surface area contributed by atoms with Crippen LogP contribution in [0.1, 0.15) is 17.3 Å². The van der Waals surface area contributed by atoms with Crippen molar-refractivity contribution in [2.45, 2.75) is 13.0 Å². The Kier molecular flexibility index (Phi) is 2.47. The second kappa shape index (κ2) is 3.80. The zero-order valence-electron chi connectivity index (χ0n) is 8.81. The lowest BCUT2D eigenvalue weighted by molar-refractivity contribution is -0.122. The van der Waals surface area contributed by atoms with Crippen LogP contribution in [0.3, 0.4) is 0 Å². The lowest BCUT2D eigenvalue weighted by Gasteiger charge is -2.22. The molecular weight excluding hydrogens is 212 g/mol. The van der Waals surface area contributed by atoms with Crippen LogP contribution in [0.25, 0.3) is 0 Å². The lowest BCUT2D eigenvalue weighted by Crippen LogP contribution is -2.34. The fraction of sp³-hybridized carbons (Fsp3) is 0.300. The standard InChI is InChI=1S/C10H10N2O4/c1-5-8(13)12-7-3-6(10(14)15-2)4-11-9(7)16-5/h3-5H,1-2H3,(H,12,13). The zero-order valence-corrected chi connectivity index (χ0v) is 8.81. The van der Waals surface area contributed by atoms with Crippen LogP contribution in [-0.2, 0) is 9.53 Å². The first kappa shape index (κ1) is 10.4. The van der Waals surface area contributed by atoms with Crippen molar-refractivity contribution in [3.05, 3.63) is 17.8 Å². The maximum Gasteiger partial charge on any atom is 0.339 e. The van der Waals surface area contributed by atoms with Gasteiger partial charge in [0.25, 0.3) is 5.91 Å². The van der Waals surface area contributed by atoms with Crippen molar-refractivity contribution in [3.8, 4) is 5.88 Å². The number of fused-ring (bicyclic) bond motifs is 1. The summed E-state index contributed by atoms with van der Waals surface area (Å²) in [6.45, 7) is 1.62. The van der Waals surface area contributed by atoms with Gasteiger partial charge in [-0.25, -0.2) is 9.78 Å². The number of hydrogen-bond acceptors (Lipinski definition) is 5. The number of pyridine rings is 1. The van der Waals surface area contributed by atoms with Gasteiger partial charge in [0.2, 0.25) is 5.88 Å². The Bertz CT molecular complexity index is 458. The van der Waals surface area contributed by atoms with Crippen molar-refractivity contribution in [2.75, 3.05) is 12.4 Å². The van der Waals surface area contributed by atoms with Crippen LogP contribution >= 0.6 is 0 Å². The Morgan fingerprint density at radius 3 is 3.06 bits per heavy atom. The Labute approximate surface area is 91.6 Å². The molecule has 16 heavy (non-hydrogen) atoms. The molecule has 1 amide bonds. The quantitative estimate of drug-likeness (QED) is 0.703. The minimum atomic E-state index is -0.580. The molecule has 0 saturated carbocycles. The number of anilines is 1. The van der Waals surface area contributed by atoms with E-state index in [1.165, 1.54) is 19.4 Å². The first-order valence-electron chi connectivity index (χ1n) is 4.67. The number of nitrogens with one attached hydrogen (secondary N) is 1. The predicted octanol–water partition coefficient (Wildman–Crippen LogP) is 0.588. The molecule has 1 aliphatic heterocycles. The van der Waals surface area contributed by atoms with E-state index in [1.54, 1.807) is 6.92 Å². The van der Waals surface area contributed by atoms with Gasteiger partial charge in [-0.15, -0.1) is 0 Å². The molecule has 1 aromatic heterocycles. The van der Waals surface area contributed by atoms with Crippen LogP contribution < -0.4 is 10.1 Å². The summed E-state index contributed by atoms with van der Waals surface area (Å²) in [5.41, 5.74) is 0.644. The molecule has 0 aliphatic carbocycles. The summed E-state index contributed by atoms with van der Waals surface area (Å²) in [5, 5.41) is 2.59. The summed E-state index contributed by atoms with van der Waals surface area (Å²) in [5.74, 6) is -0.473. The fourth-order valence-corrected chi connectivity index (χ4v) is 1.32. The fourth-order valence-electron chi connectivity index (χ4n) is 1.32. The molecule has 2 heterocycles. The molecule has 84 valence electrons. The number of rotatable bonds is 1. The number of carbonyl (C=O) groups is 2. The van der Waals surface area contributed by atoms with Gasteiger partial charge in [0, 0.05) is 6.20 Å². The van der Waals surface area contributed by atoms with Crippen molar-refractivity contribution < 1.29 is 19.1 Å². The number of amides is 1. The Balaban J connectivity index is 2.36. The molecule has 6 nitrogen and oxygen atoms in total. The van der Waals surface area contributed by atoms with Gasteiger partial charge in [-0.1, -0.05) is 0 Å². The van der Waals surface area contributed by atoms with Gasteiger partial charge in [-0.05, 0) is 13.0 Å². The zero-order chi connectivity index (χ0) is 11.7. The number of carbonyl (C=O) groups excluding carboxylic acids is 2. The molecule has 0 bridgehead atoms. The van der Waals surface area contributed by atoms with Gasteiger partial charge in [0.15, 0.2) is 6.10 Å². The second-order valence-corrected chi connectivity index (χ2v) is 3.32. The lowest BCUT2D eigenvalue weighted by atomic mass is 10.2. The summed E-state index contributed by atoms with van der Waals surface area (Å²) in [6, 6.07) is 1.47. The minimum absolute atomic E-state index is 0.264. The van der Waals surface area contributed by atoms with Gasteiger partial charge in [-0.3, -0.25) is 4.79 Å². The molecule has 0 spiro atoms. The second-order valence-electron chi connectivity index (χ2n) is 3.32. The first-order valence-corrected chi connectivity index (χ1v) is 4.67. The maximum atomic E-state index is 11.3. The van der Waals surface area contributed by atoms with E-state index in [1.807, 2.05) is 0 Å². The van der Waals surface area contributed by atoms with Gasteiger partial charge in [-0.2, -0.15) is 0 Å². The number of nitrogens with zero attached hydrogens (tertiary/aromatic N) is 1. The predicted molar refractivity (Wildman–Crippen MR) is 54.3 cm³/mol. The van der Waals surface area contributed by atoms with Gasteiger partial charge in [0.05, 0.1) is 12.7 Å². The molecule has 1 unspecified atom stereocenters. The molecule has 1 aliphatic rings. The van der Waals surface area contributed by atoms with Crippen LogP contribution in [0.5, 0.6) is 5.88 Å². The Morgan fingerprint density at radius 2 is 2.38 bits per heavy atom. The molecule has 0 radical (unpaired) electrons. The van der Waals surface area contributed by atoms with Crippen LogP contribution in [-0.4, -0.2) is 30.1 Å². The van der Waals surface area contributed by atoms with Crippen molar-refractivity contribution in [1.82, 2.24) is 4.98 Å². The third-order valence-corrected chi connectivity index (χ3v) is 2.19. The third-order valence-electron chi connectivity index (χ3n) is 2.19. The summed E-state index contributed by atoms with van der Waals surface area (Å²) >= 11 is 0. The maximum absolute atomic E-state index is 11.3. The molecular formula is C10H10N2O4. The summed E-state index contributed by atoms with van der Waals surface area (Å²) < 4.78 is 9.78. The SMILES string of the molecule is COC(=O)c1cnc2c(c1)NC(=O)C(C)O2. The number of hydrogen-bond donors (Lipinski definition) is 1. The van der Waals surface area contributed by atoms with Gasteiger partial charge >= 0.3 is 5.97 Å². The summed E-state index contributed by atoms with van der Waals surface area (Å²) in [7, 11) is 1.28. The van der Waals surface area contributed by atoms with E-state index in [2.05, 4.69) is 15.0 Å². The minimum Gasteiger partial charge on any atom is -0.465 e. The van der Waals surface area contributed by atoms with Crippen LogP contribution in [0.15, 0.2) is 12.3 Å².